The van der Waals surface area contributed by atoms with Crippen LogP contribution in [0.3, 0.4) is 0 Å². The molecule has 2 aromatic carbocycles. The van der Waals surface area contributed by atoms with E-state index in [9.17, 15) is 9.59 Å². The van der Waals surface area contributed by atoms with Crippen LogP contribution < -0.4 is 5.32 Å². The minimum absolute atomic E-state index is 0.0223. The number of halogens is 2. The lowest BCUT2D eigenvalue weighted by Crippen LogP contribution is -2.50. The Labute approximate surface area is 198 Å². The van der Waals surface area contributed by atoms with Crippen molar-refractivity contribution in [2.24, 2.45) is 5.92 Å². The maximum atomic E-state index is 12.9. The number of hydrogen-bond donors (Lipinski definition) is 1. The fourth-order valence-corrected chi connectivity index (χ4v) is 5.17. The van der Waals surface area contributed by atoms with Gasteiger partial charge in [-0.1, -0.05) is 53.5 Å². The molecular formula is C25H26Cl2N2O3. The molecule has 7 heteroatoms. The predicted molar refractivity (Wildman–Crippen MR) is 124 cm³/mol. The van der Waals surface area contributed by atoms with Gasteiger partial charge in [-0.2, -0.15) is 0 Å². The first kappa shape index (κ1) is 21.7. The molecule has 1 aliphatic carbocycles. The molecule has 1 saturated heterocycles. The molecule has 32 heavy (non-hydrogen) atoms. The second kappa shape index (κ2) is 9.05. The minimum Gasteiger partial charge on any atom is -0.363 e. The van der Waals surface area contributed by atoms with Gasteiger partial charge in [0.1, 0.15) is 6.10 Å². The van der Waals surface area contributed by atoms with E-state index in [4.69, 9.17) is 27.9 Å². The summed E-state index contributed by atoms with van der Waals surface area (Å²) in [6, 6.07) is 13.8. The summed E-state index contributed by atoms with van der Waals surface area (Å²) in [5.41, 5.74) is 3.41. The number of carbonyl (C=O) groups is 2. The molecule has 168 valence electrons. The van der Waals surface area contributed by atoms with Gasteiger partial charge in [-0.3, -0.25) is 9.59 Å². The van der Waals surface area contributed by atoms with E-state index in [0.29, 0.717) is 36.2 Å². The molecule has 3 atom stereocenters. The number of carbonyl (C=O) groups excluding carboxylic acids is 2. The largest absolute Gasteiger partial charge is 0.363 e. The maximum Gasteiger partial charge on any atom is 0.249 e. The van der Waals surface area contributed by atoms with Gasteiger partial charge in [-0.25, -0.2) is 0 Å². The van der Waals surface area contributed by atoms with E-state index in [2.05, 4.69) is 11.4 Å². The van der Waals surface area contributed by atoms with Crippen molar-refractivity contribution >= 4 is 35.0 Å². The summed E-state index contributed by atoms with van der Waals surface area (Å²) < 4.78 is 5.78. The van der Waals surface area contributed by atoms with E-state index >= 15 is 0 Å². The summed E-state index contributed by atoms with van der Waals surface area (Å²) in [6.45, 7) is 1.81. The van der Waals surface area contributed by atoms with Gasteiger partial charge in [-0.05, 0) is 54.0 Å². The van der Waals surface area contributed by atoms with Gasteiger partial charge in [0.05, 0.1) is 16.7 Å². The molecule has 2 aliphatic heterocycles. The summed E-state index contributed by atoms with van der Waals surface area (Å²) >= 11 is 12.1. The lowest BCUT2D eigenvalue weighted by Gasteiger charge is -2.34. The van der Waals surface area contributed by atoms with Crippen molar-refractivity contribution in [3.8, 4) is 0 Å². The highest BCUT2D eigenvalue weighted by molar-refractivity contribution is 6.42. The number of fused-ring (bicyclic) bond motifs is 1. The standard InChI is InChI=1S/C25H26Cl2N2O3/c26-21-6-5-16(11-22(21)27)19-13-20(19)25(31)29-9-7-18(8-10-29)28-24(30)23-12-15-3-1-2-4-17(15)14-32-23/h1-6,11,18-20,23H,7-10,12-14H2,(H,28,30)/t19-,20+,23?/m0/s1. The number of ether oxygens (including phenoxy) is 1. The monoisotopic (exact) mass is 472 g/mol. The molecule has 2 heterocycles. The zero-order chi connectivity index (χ0) is 22.2. The molecule has 1 N–H and O–H groups in total. The molecular weight excluding hydrogens is 447 g/mol. The SMILES string of the molecule is O=C(NC1CCN(C(=O)[C@@H]2C[C@H]2c2ccc(Cl)c(Cl)c2)CC1)C1Cc2ccccc2CO1. The van der Waals surface area contributed by atoms with Crippen LogP contribution in [-0.2, 0) is 27.4 Å². The van der Waals surface area contributed by atoms with Crippen molar-refractivity contribution in [3.63, 3.8) is 0 Å². The zero-order valence-electron chi connectivity index (χ0n) is 17.7. The van der Waals surface area contributed by atoms with Crippen molar-refractivity contribution in [1.82, 2.24) is 10.2 Å². The summed E-state index contributed by atoms with van der Waals surface area (Å²) in [6.07, 6.45) is 2.56. The number of amides is 2. The van der Waals surface area contributed by atoms with Crippen molar-refractivity contribution < 1.29 is 14.3 Å². The van der Waals surface area contributed by atoms with Crippen LogP contribution in [0.4, 0.5) is 0 Å². The van der Waals surface area contributed by atoms with E-state index in [1.54, 1.807) is 6.07 Å². The lowest BCUT2D eigenvalue weighted by molar-refractivity contribution is -0.136. The normalized spacial score (nSPS) is 25.2. The molecule has 0 aromatic heterocycles. The van der Waals surface area contributed by atoms with Gasteiger partial charge < -0.3 is 15.0 Å². The molecule has 2 amide bonds. The molecule has 0 bridgehead atoms. The van der Waals surface area contributed by atoms with Crippen LogP contribution in [0.15, 0.2) is 42.5 Å². The summed E-state index contributed by atoms with van der Waals surface area (Å²) in [7, 11) is 0. The Balaban J connectivity index is 1.10. The Hall–Kier alpha value is -2.08. The van der Waals surface area contributed by atoms with Crippen molar-refractivity contribution in [2.45, 2.75) is 50.4 Å². The van der Waals surface area contributed by atoms with Gasteiger partial charge >= 0.3 is 0 Å². The topological polar surface area (TPSA) is 58.6 Å². The molecule has 2 fully saturated rings. The number of nitrogens with one attached hydrogen (secondary N) is 1. The second-order valence-electron chi connectivity index (χ2n) is 9.00. The second-order valence-corrected chi connectivity index (χ2v) is 9.82. The number of hydrogen-bond acceptors (Lipinski definition) is 3. The number of likely N-dealkylation sites (tertiary alicyclic amines) is 1. The molecule has 0 radical (unpaired) electrons. The first-order chi connectivity index (χ1) is 15.5. The first-order valence-corrected chi connectivity index (χ1v) is 12.0. The van der Waals surface area contributed by atoms with Gasteiger partial charge in [0.25, 0.3) is 0 Å². The van der Waals surface area contributed by atoms with Gasteiger partial charge in [-0.15, -0.1) is 0 Å². The average Bonchev–Trinajstić information content (AvgIpc) is 3.61. The van der Waals surface area contributed by atoms with Crippen LogP contribution in [0, 0.1) is 5.92 Å². The third-order valence-corrected chi connectivity index (χ3v) is 7.63. The third kappa shape index (κ3) is 4.52. The number of benzene rings is 2. The number of nitrogens with zero attached hydrogens (tertiary/aromatic N) is 1. The van der Waals surface area contributed by atoms with Gasteiger partial charge in [0.15, 0.2) is 0 Å². The summed E-state index contributed by atoms with van der Waals surface area (Å²) in [5, 5.41) is 4.21. The van der Waals surface area contributed by atoms with Crippen molar-refractivity contribution in [1.29, 1.82) is 0 Å². The Morgan fingerprint density at radius 3 is 2.50 bits per heavy atom. The van der Waals surface area contributed by atoms with E-state index in [0.717, 1.165) is 30.4 Å². The molecule has 1 saturated carbocycles. The number of piperidine rings is 1. The Kier molecular flexibility index (Phi) is 6.15. The smallest absolute Gasteiger partial charge is 0.249 e. The van der Waals surface area contributed by atoms with Crippen LogP contribution in [0.1, 0.15) is 41.9 Å². The lowest BCUT2D eigenvalue weighted by atomic mass is 9.98. The van der Waals surface area contributed by atoms with Gasteiger partial charge in [0.2, 0.25) is 11.8 Å². The number of rotatable bonds is 4. The molecule has 3 aliphatic rings. The average molecular weight is 473 g/mol. The third-order valence-electron chi connectivity index (χ3n) is 6.89. The van der Waals surface area contributed by atoms with Crippen molar-refractivity contribution in [3.05, 3.63) is 69.2 Å². The fourth-order valence-electron chi connectivity index (χ4n) is 4.87. The highest BCUT2D eigenvalue weighted by Crippen LogP contribution is 2.49. The maximum absolute atomic E-state index is 12.9. The Morgan fingerprint density at radius 1 is 1.00 bits per heavy atom. The molecule has 5 rings (SSSR count). The highest BCUT2D eigenvalue weighted by Gasteiger charge is 2.46. The van der Waals surface area contributed by atoms with Crippen LogP contribution >= 0.6 is 23.2 Å². The van der Waals surface area contributed by atoms with Crippen LogP contribution in [-0.4, -0.2) is 41.9 Å². The quantitative estimate of drug-likeness (QED) is 0.719. The van der Waals surface area contributed by atoms with Crippen LogP contribution in [0.2, 0.25) is 10.0 Å². The van der Waals surface area contributed by atoms with Gasteiger partial charge in [0, 0.05) is 31.5 Å². The zero-order valence-corrected chi connectivity index (χ0v) is 19.2. The highest BCUT2D eigenvalue weighted by atomic mass is 35.5. The summed E-state index contributed by atoms with van der Waals surface area (Å²) in [4.78, 5) is 27.6. The summed E-state index contributed by atoms with van der Waals surface area (Å²) in [5.74, 6) is 0.402. The van der Waals surface area contributed by atoms with E-state index in [-0.39, 0.29) is 29.7 Å². The van der Waals surface area contributed by atoms with Crippen LogP contribution in [0.5, 0.6) is 0 Å². The van der Waals surface area contributed by atoms with Crippen LogP contribution in [0.25, 0.3) is 0 Å². The first-order valence-electron chi connectivity index (χ1n) is 11.2. The molecule has 2 aromatic rings. The molecule has 5 nitrogen and oxygen atoms in total. The van der Waals surface area contributed by atoms with E-state index in [1.165, 1.54) is 5.56 Å². The van der Waals surface area contributed by atoms with E-state index in [1.807, 2.05) is 35.2 Å². The Bertz CT molecular complexity index is 1040. The van der Waals surface area contributed by atoms with Crippen molar-refractivity contribution in [2.75, 3.05) is 13.1 Å². The fraction of sp³-hybridized carbons (Fsp3) is 0.440. The van der Waals surface area contributed by atoms with E-state index < -0.39 is 6.10 Å². The molecule has 1 unspecified atom stereocenters. The Morgan fingerprint density at radius 2 is 1.75 bits per heavy atom. The minimum atomic E-state index is -0.442. The molecule has 0 spiro atoms. The predicted octanol–water partition coefficient (Wildman–Crippen LogP) is 4.35.